The van der Waals surface area contributed by atoms with Crippen molar-refractivity contribution in [3.05, 3.63) is 90.0 Å². The quantitative estimate of drug-likeness (QED) is 0.605. The molecule has 6 heteroatoms. The van der Waals surface area contributed by atoms with Crippen LogP contribution in [0.25, 0.3) is 0 Å². The van der Waals surface area contributed by atoms with Gasteiger partial charge in [0.1, 0.15) is 0 Å². The first-order valence-electron chi connectivity index (χ1n) is 11.4. The lowest BCUT2D eigenvalue weighted by Crippen LogP contribution is -2.25. The summed E-state index contributed by atoms with van der Waals surface area (Å²) in [5.74, 6) is -0.298. The summed E-state index contributed by atoms with van der Waals surface area (Å²) in [4.78, 5) is 27.2. The van der Waals surface area contributed by atoms with E-state index in [-0.39, 0.29) is 24.7 Å². The van der Waals surface area contributed by atoms with E-state index in [1.54, 1.807) is 0 Å². The molecule has 2 amide bonds. The molecule has 2 heterocycles. The van der Waals surface area contributed by atoms with Crippen molar-refractivity contribution in [1.29, 1.82) is 0 Å². The van der Waals surface area contributed by atoms with E-state index in [1.807, 2.05) is 54.6 Å². The van der Waals surface area contributed by atoms with Gasteiger partial charge in [0, 0.05) is 42.9 Å². The van der Waals surface area contributed by atoms with Crippen LogP contribution in [0.5, 0.6) is 0 Å². The summed E-state index contributed by atoms with van der Waals surface area (Å²) in [6.07, 6.45) is 2.04. The van der Waals surface area contributed by atoms with Crippen molar-refractivity contribution in [3.8, 4) is 0 Å². The minimum atomic E-state index is -0.172. The number of nitrogens with one attached hydrogen (secondary N) is 1. The molecule has 2 aliphatic heterocycles. The Labute approximate surface area is 193 Å². The third kappa shape index (κ3) is 4.65. The van der Waals surface area contributed by atoms with E-state index in [0.29, 0.717) is 6.54 Å². The van der Waals surface area contributed by atoms with Gasteiger partial charge < -0.3 is 10.2 Å². The van der Waals surface area contributed by atoms with Crippen molar-refractivity contribution < 1.29 is 9.59 Å². The standard InChI is InChI=1S/C27H26N4O2/c32-26(14-15-27(33)31-19-17-24(29-31)20-6-2-1-3-7-20)28-22-10-12-23(13-11-22)30-18-16-21-8-4-5-9-25(21)30/h1-13H,14-19H2,(H,28,32). The molecule has 0 aromatic heterocycles. The number of carbonyl (C=O) groups is 2. The molecular formula is C27H26N4O2. The summed E-state index contributed by atoms with van der Waals surface area (Å²) in [5.41, 5.74) is 6.38. The number of amides is 2. The Bertz CT molecular complexity index is 1190. The SMILES string of the molecule is O=C(CCC(=O)N1CCC(c2ccccc2)=N1)Nc1ccc(N2CCc3ccccc32)cc1. The molecule has 3 aromatic carbocycles. The summed E-state index contributed by atoms with van der Waals surface area (Å²) >= 11 is 0. The Morgan fingerprint density at radius 2 is 1.58 bits per heavy atom. The fourth-order valence-corrected chi connectivity index (χ4v) is 4.37. The van der Waals surface area contributed by atoms with Gasteiger partial charge >= 0.3 is 0 Å². The van der Waals surface area contributed by atoms with E-state index < -0.39 is 0 Å². The third-order valence-electron chi connectivity index (χ3n) is 6.11. The first-order chi connectivity index (χ1) is 16.2. The second kappa shape index (κ2) is 9.28. The van der Waals surface area contributed by atoms with Crippen LogP contribution in [0.4, 0.5) is 17.1 Å². The van der Waals surface area contributed by atoms with Crippen molar-refractivity contribution in [2.45, 2.75) is 25.7 Å². The minimum absolute atomic E-state index is 0.126. The van der Waals surface area contributed by atoms with Crippen molar-refractivity contribution in [2.75, 3.05) is 23.3 Å². The highest BCUT2D eigenvalue weighted by atomic mass is 16.2. The van der Waals surface area contributed by atoms with Gasteiger partial charge in [0.2, 0.25) is 11.8 Å². The average Bonchev–Trinajstić information content (AvgIpc) is 3.52. The molecule has 6 nitrogen and oxygen atoms in total. The number of hydrogen-bond acceptors (Lipinski definition) is 4. The number of anilines is 3. The second-order valence-corrected chi connectivity index (χ2v) is 8.31. The molecule has 0 unspecified atom stereocenters. The Kier molecular flexibility index (Phi) is 5.89. The van der Waals surface area contributed by atoms with Crippen molar-refractivity contribution in [1.82, 2.24) is 5.01 Å². The average molecular weight is 439 g/mol. The second-order valence-electron chi connectivity index (χ2n) is 8.31. The highest BCUT2D eigenvalue weighted by Gasteiger charge is 2.22. The largest absolute Gasteiger partial charge is 0.341 e. The Balaban J connectivity index is 1.13. The zero-order valence-electron chi connectivity index (χ0n) is 18.4. The zero-order valence-corrected chi connectivity index (χ0v) is 18.4. The monoisotopic (exact) mass is 438 g/mol. The lowest BCUT2D eigenvalue weighted by atomic mass is 10.1. The molecule has 0 aliphatic carbocycles. The molecule has 33 heavy (non-hydrogen) atoms. The van der Waals surface area contributed by atoms with Crippen LogP contribution in [0.15, 0.2) is 84.0 Å². The van der Waals surface area contributed by atoms with Crippen LogP contribution in [-0.2, 0) is 16.0 Å². The summed E-state index contributed by atoms with van der Waals surface area (Å²) in [6, 6.07) is 26.2. The predicted octanol–water partition coefficient (Wildman–Crippen LogP) is 4.74. The lowest BCUT2D eigenvalue weighted by molar-refractivity contribution is -0.132. The molecule has 0 saturated carbocycles. The Hall–Kier alpha value is -3.93. The van der Waals surface area contributed by atoms with Crippen LogP contribution < -0.4 is 10.2 Å². The maximum Gasteiger partial charge on any atom is 0.243 e. The number of fused-ring (bicyclic) bond motifs is 1. The van der Waals surface area contributed by atoms with Gasteiger partial charge in [-0.2, -0.15) is 5.10 Å². The molecule has 0 fully saturated rings. The number of para-hydroxylation sites is 1. The fourth-order valence-electron chi connectivity index (χ4n) is 4.37. The first kappa shape index (κ1) is 20.9. The van der Waals surface area contributed by atoms with E-state index in [2.05, 4.69) is 39.6 Å². The number of hydrogen-bond donors (Lipinski definition) is 1. The van der Waals surface area contributed by atoms with Gasteiger partial charge in [0.15, 0.2) is 0 Å². The fraction of sp³-hybridized carbons (Fsp3) is 0.222. The number of benzene rings is 3. The van der Waals surface area contributed by atoms with E-state index in [0.717, 1.165) is 42.0 Å². The van der Waals surface area contributed by atoms with Gasteiger partial charge in [0.05, 0.1) is 12.3 Å². The molecule has 166 valence electrons. The maximum atomic E-state index is 12.5. The van der Waals surface area contributed by atoms with Crippen LogP contribution in [0.1, 0.15) is 30.4 Å². The highest BCUT2D eigenvalue weighted by molar-refractivity contribution is 6.02. The van der Waals surface area contributed by atoms with Crippen LogP contribution in [0.3, 0.4) is 0 Å². The third-order valence-corrected chi connectivity index (χ3v) is 6.11. The number of carbonyl (C=O) groups excluding carboxylic acids is 2. The van der Waals surface area contributed by atoms with Crippen LogP contribution in [0, 0.1) is 0 Å². The molecule has 0 bridgehead atoms. The van der Waals surface area contributed by atoms with E-state index >= 15 is 0 Å². The van der Waals surface area contributed by atoms with Gasteiger partial charge in [0.25, 0.3) is 0 Å². The summed E-state index contributed by atoms with van der Waals surface area (Å²) in [7, 11) is 0. The molecule has 0 spiro atoms. The molecule has 1 N–H and O–H groups in total. The zero-order chi connectivity index (χ0) is 22.6. The molecule has 2 aliphatic rings. The molecular weight excluding hydrogens is 412 g/mol. The molecule has 0 atom stereocenters. The van der Waals surface area contributed by atoms with Gasteiger partial charge in [-0.3, -0.25) is 9.59 Å². The highest BCUT2D eigenvalue weighted by Crippen LogP contribution is 2.34. The van der Waals surface area contributed by atoms with Crippen LogP contribution in [-0.4, -0.2) is 35.6 Å². The van der Waals surface area contributed by atoms with E-state index in [9.17, 15) is 9.59 Å². The Morgan fingerprint density at radius 1 is 0.818 bits per heavy atom. The molecule has 0 saturated heterocycles. The van der Waals surface area contributed by atoms with E-state index in [1.165, 1.54) is 16.3 Å². The van der Waals surface area contributed by atoms with Crippen molar-refractivity contribution >= 4 is 34.6 Å². The normalized spacial score (nSPS) is 14.7. The van der Waals surface area contributed by atoms with Gasteiger partial charge in [-0.1, -0.05) is 48.5 Å². The molecule has 5 rings (SSSR count). The summed E-state index contributed by atoms with van der Waals surface area (Å²) < 4.78 is 0. The lowest BCUT2D eigenvalue weighted by Gasteiger charge is -2.20. The summed E-state index contributed by atoms with van der Waals surface area (Å²) in [6.45, 7) is 1.52. The molecule has 0 radical (unpaired) electrons. The Morgan fingerprint density at radius 3 is 2.39 bits per heavy atom. The number of hydrazone groups is 1. The number of nitrogens with zero attached hydrogens (tertiary/aromatic N) is 3. The van der Waals surface area contributed by atoms with Gasteiger partial charge in [-0.25, -0.2) is 5.01 Å². The van der Waals surface area contributed by atoms with Crippen LogP contribution >= 0.6 is 0 Å². The van der Waals surface area contributed by atoms with Gasteiger partial charge in [-0.15, -0.1) is 0 Å². The first-order valence-corrected chi connectivity index (χ1v) is 11.4. The van der Waals surface area contributed by atoms with E-state index in [4.69, 9.17) is 0 Å². The number of rotatable bonds is 6. The van der Waals surface area contributed by atoms with Crippen molar-refractivity contribution in [3.63, 3.8) is 0 Å². The van der Waals surface area contributed by atoms with Crippen LogP contribution in [0.2, 0.25) is 0 Å². The maximum absolute atomic E-state index is 12.5. The predicted molar refractivity (Wildman–Crippen MR) is 131 cm³/mol. The van der Waals surface area contributed by atoms with Crippen molar-refractivity contribution in [2.24, 2.45) is 5.10 Å². The molecule has 3 aromatic rings. The topological polar surface area (TPSA) is 65.0 Å². The van der Waals surface area contributed by atoms with Gasteiger partial charge in [-0.05, 0) is 47.9 Å². The summed E-state index contributed by atoms with van der Waals surface area (Å²) in [5, 5.41) is 8.83. The smallest absolute Gasteiger partial charge is 0.243 e. The minimum Gasteiger partial charge on any atom is -0.341 e.